The molecule has 1 aromatic rings. The van der Waals surface area contributed by atoms with Crippen LogP contribution in [-0.2, 0) is 19.2 Å². The number of nitrogens with one attached hydrogen (secondary N) is 1. The molecule has 4 atom stereocenters. The van der Waals surface area contributed by atoms with Crippen molar-refractivity contribution in [2.75, 3.05) is 0 Å². The smallest absolute Gasteiger partial charge is 0.231 e. The number of amides is 2. The minimum atomic E-state index is -0.622. The Balaban J connectivity index is 1.74. The first-order valence-electron chi connectivity index (χ1n) is 9.40. The number of rotatable bonds is 1. The molecule has 1 heterocycles. The first-order chi connectivity index (χ1) is 13.9. The van der Waals surface area contributed by atoms with Gasteiger partial charge in [-0.25, -0.2) is 0 Å². The molecule has 1 saturated heterocycles. The zero-order valence-corrected chi connectivity index (χ0v) is 16.7. The summed E-state index contributed by atoms with van der Waals surface area (Å²) >= 11 is 3.17. The summed E-state index contributed by atoms with van der Waals surface area (Å²) in [5, 5.41) is 12.9. The molecular formula is C22H16BrNO5. The third kappa shape index (κ3) is 2.53. The van der Waals surface area contributed by atoms with Crippen molar-refractivity contribution in [1.82, 2.24) is 5.32 Å². The predicted octanol–water partition coefficient (Wildman–Crippen LogP) is 2.44. The van der Waals surface area contributed by atoms with E-state index in [9.17, 15) is 24.3 Å². The molecule has 0 radical (unpaired) electrons. The number of carbonyl (C=O) groups excluding carboxylic acids is 4. The van der Waals surface area contributed by atoms with E-state index >= 15 is 0 Å². The quantitative estimate of drug-likeness (QED) is 0.386. The maximum absolute atomic E-state index is 12.9. The first kappa shape index (κ1) is 18.2. The van der Waals surface area contributed by atoms with Crippen molar-refractivity contribution in [3.63, 3.8) is 0 Å². The maximum Gasteiger partial charge on any atom is 0.231 e. The number of benzene rings is 1. The zero-order valence-electron chi connectivity index (χ0n) is 15.1. The van der Waals surface area contributed by atoms with Crippen LogP contribution in [0.2, 0.25) is 0 Å². The molecule has 7 heteroatoms. The van der Waals surface area contributed by atoms with Gasteiger partial charge in [0, 0.05) is 28.7 Å². The Hall–Kier alpha value is -2.80. The van der Waals surface area contributed by atoms with E-state index in [0.29, 0.717) is 23.1 Å². The zero-order chi connectivity index (χ0) is 20.4. The molecule has 0 aromatic heterocycles. The van der Waals surface area contributed by atoms with Gasteiger partial charge >= 0.3 is 0 Å². The second kappa shape index (κ2) is 6.35. The fourth-order valence-corrected chi connectivity index (χ4v) is 5.65. The van der Waals surface area contributed by atoms with E-state index in [1.165, 1.54) is 12.1 Å². The van der Waals surface area contributed by atoms with Gasteiger partial charge < -0.3 is 5.11 Å². The number of phenols is 1. The fraction of sp³-hybridized carbons (Fsp3) is 0.273. The lowest BCUT2D eigenvalue weighted by Gasteiger charge is -2.42. The minimum absolute atomic E-state index is 0.0221. The SMILES string of the molecule is O=C1C=C(Br)C(=O)C2=C1C(c1ccccc1O)C1=CCC3C(=O)NC(=O)C3C1C2. The number of fused-ring (bicyclic) bond motifs is 3. The largest absolute Gasteiger partial charge is 0.508 e. The van der Waals surface area contributed by atoms with Gasteiger partial charge in [0.1, 0.15) is 5.75 Å². The molecule has 3 aliphatic carbocycles. The van der Waals surface area contributed by atoms with E-state index < -0.39 is 17.8 Å². The van der Waals surface area contributed by atoms with Gasteiger partial charge in [0.2, 0.25) is 11.8 Å². The minimum Gasteiger partial charge on any atom is -0.508 e. The van der Waals surface area contributed by atoms with Crippen LogP contribution in [0.1, 0.15) is 24.3 Å². The Morgan fingerprint density at radius 2 is 1.79 bits per heavy atom. The second-order valence-electron chi connectivity index (χ2n) is 7.81. The van der Waals surface area contributed by atoms with Crippen LogP contribution in [0.4, 0.5) is 0 Å². The highest BCUT2D eigenvalue weighted by atomic mass is 79.9. The number of allylic oxidation sites excluding steroid dienone is 6. The van der Waals surface area contributed by atoms with Crippen LogP contribution in [0.3, 0.4) is 0 Å². The van der Waals surface area contributed by atoms with E-state index in [1.807, 2.05) is 6.08 Å². The summed E-state index contributed by atoms with van der Waals surface area (Å²) in [5.74, 6) is -3.20. The summed E-state index contributed by atoms with van der Waals surface area (Å²) in [7, 11) is 0. The molecule has 4 unspecified atom stereocenters. The van der Waals surface area contributed by atoms with Crippen LogP contribution in [0.5, 0.6) is 5.75 Å². The highest BCUT2D eigenvalue weighted by Crippen LogP contribution is 2.55. The molecule has 1 aliphatic heterocycles. The number of Topliss-reactive ketones (excluding diaryl/α,β-unsaturated/α-hetero) is 1. The molecular weight excluding hydrogens is 438 g/mol. The second-order valence-corrected chi connectivity index (χ2v) is 8.66. The molecule has 1 fully saturated rings. The first-order valence-corrected chi connectivity index (χ1v) is 10.2. The number of hydrogen-bond donors (Lipinski definition) is 2. The molecule has 0 spiro atoms. The number of imide groups is 1. The van der Waals surface area contributed by atoms with Crippen molar-refractivity contribution < 1.29 is 24.3 Å². The van der Waals surface area contributed by atoms with Gasteiger partial charge in [-0.15, -0.1) is 0 Å². The molecule has 1 aromatic carbocycles. The van der Waals surface area contributed by atoms with Gasteiger partial charge in [-0.1, -0.05) is 29.8 Å². The lowest BCUT2D eigenvalue weighted by Crippen LogP contribution is -2.39. The van der Waals surface area contributed by atoms with E-state index in [-0.39, 0.29) is 46.0 Å². The number of halogens is 1. The average Bonchev–Trinajstić information content (AvgIpc) is 2.99. The van der Waals surface area contributed by atoms with Crippen LogP contribution in [0.15, 0.2) is 57.6 Å². The number of carbonyl (C=O) groups is 4. The number of phenolic OH excluding ortho intramolecular Hbond substituents is 1. The molecule has 6 nitrogen and oxygen atoms in total. The van der Waals surface area contributed by atoms with Crippen molar-refractivity contribution in [3.8, 4) is 5.75 Å². The van der Waals surface area contributed by atoms with Gasteiger partial charge in [-0.3, -0.25) is 24.5 Å². The highest BCUT2D eigenvalue weighted by Gasteiger charge is 2.53. The number of hydrogen-bond acceptors (Lipinski definition) is 5. The van der Waals surface area contributed by atoms with Crippen molar-refractivity contribution >= 4 is 39.3 Å². The van der Waals surface area contributed by atoms with Gasteiger partial charge in [-0.05, 0) is 40.8 Å². The maximum atomic E-state index is 12.9. The molecule has 5 rings (SSSR count). The Morgan fingerprint density at radius 1 is 1.03 bits per heavy atom. The number of para-hydroxylation sites is 1. The van der Waals surface area contributed by atoms with Gasteiger partial charge in [0.05, 0.1) is 16.3 Å². The van der Waals surface area contributed by atoms with Gasteiger partial charge in [0.15, 0.2) is 11.6 Å². The third-order valence-electron chi connectivity index (χ3n) is 6.42. The van der Waals surface area contributed by atoms with Crippen molar-refractivity contribution in [2.45, 2.75) is 18.8 Å². The van der Waals surface area contributed by atoms with Crippen molar-refractivity contribution in [1.29, 1.82) is 0 Å². The van der Waals surface area contributed by atoms with E-state index in [2.05, 4.69) is 21.2 Å². The van der Waals surface area contributed by atoms with Gasteiger partial charge in [0.25, 0.3) is 0 Å². The van der Waals surface area contributed by atoms with Crippen LogP contribution in [-0.4, -0.2) is 28.5 Å². The number of ketones is 2. The van der Waals surface area contributed by atoms with Gasteiger partial charge in [-0.2, -0.15) is 0 Å². The van der Waals surface area contributed by atoms with Crippen LogP contribution < -0.4 is 5.32 Å². The molecule has 4 aliphatic rings. The average molecular weight is 454 g/mol. The van der Waals surface area contributed by atoms with Crippen LogP contribution in [0, 0.1) is 17.8 Å². The summed E-state index contributed by atoms with van der Waals surface area (Å²) in [6.07, 6.45) is 3.80. The summed E-state index contributed by atoms with van der Waals surface area (Å²) < 4.78 is 0.184. The predicted molar refractivity (Wildman–Crippen MR) is 106 cm³/mol. The van der Waals surface area contributed by atoms with Crippen LogP contribution >= 0.6 is 15.9 Å². The summed E-state index contributed by atoms with van der Waals surface area (Å²) in [6.45, 7) is 0. The monoisotopic (exact) mass is 453 g/mol. The standard InChI is InChI=1S/C22H16BrNO5/c23-14-8-16(26)19-13(20(14)27)7-12-9(17(19)10-3-1-2-4-15(10)25)5-6-11-18(12)22(29)24-21(11)28/h1-5,8,11-12,17-18,25H,6-7H2,(H,24,28,29). The third-order valence-corrected chi connectivity index (χ3v) is 7.01. The molecule has 146 valence electrons. The highest BCUT2D eigenvalue weighted by molar-refractivity contribution is 9.12. The van der Waals surface area contributed by atoms with E-state index in [0.717, 1.165) is 5.57 Å². The fourth-order valence-electron chi connectivity index (χ4n) is 5.20. The lowest BCUT2D eigenvalue weighted by molar-refractivity contribution is -0.126. The Bertz CT molecular complexity index is 1110. The molecule has 29 heavy (non-hydrogen) atoms. The van der Waals surface area contributed by atoms with E-state index in [4.69, 9.17) is 0 Å². The van der Waals surface area contributed by atoms with Crippen molar-refractivity contribution in [3.05, 3.63) is 63.2 Å². The number of aromatic hydroxyl groups is 1. The van der Waals surface area contributed by atoms with E-state index in [1.54, 1.807) is 18.2 Å². The lowest BCUT2D eigenvalue weighted by atomic mass is 9.59. The van der Waals surface area contributed by atoms with Crippen LogP contribution in [0.25, 0.3) is 0 Å². The topological polar surface area (TPSA) is 101 Å². The molecule has 2 N–H and O–H groups in total. The normalized spacial score (nSPS) is 30.9. The summed E-state index contributed by atoms with van der Waals surface area (Å²) in [5.41, 5.74) is 2.05. The molecule has 2 amide bonds. The Labute approximate surface area is 174 Å². The van der Waals surface area contributed by atoms with Crippen molar-refractivity contribution in [2.24, 2.45) is 17.8 Å². The molecule has 0 bridgehead atoms. The molecule has 0 saturated carbocycles. The summed E-state index contributed by atoms with van der Waals surface area (Å²) in [4.78, 5) is 50.6. The Morgan fingerprint density at radius 3 is 2.55 bits per heavy atom. The summed E-state index contributed by atoms with van der Waals surface area (Å²) in [6, 6.07) is 6.72. The Kier molecular flexibility index (Phi) is 4.00.